The molecule has 0 saturated heterocycles. The molecule has 1 atom stereocenters. The molecular formula is C26H31N3O2. The first-order chi connectivity index (χ1) is 15.3. The Kier molecular flexibility index (Phi) is 7.66. The van der Waals surface area contributed by atoms with E-state index in [-0.39, 0.29) is 0 Å². The molecule has 5 nitrogen and oxygen atoms in total. The van der Waals surface area contributed by atoms with Gasteiger partial charge in [0.25, 0.3) is 0 Å². The molecule has 0 fully saturated rings. The molecule has 0 bridgehead atoms. The second-order valence-electron chi connectivity index (χ2n) is 8.11. The van der Waals surface area contributed by atoms with Gasteiger partial charge in [0, 0.05) is 44.1 Å². The Morgan fingerprint density at radius 1 is 1.00 bits per heavy atom. The summed E-state index contributed by atoms with van der Waals surface area (Å²) in [5, 5.41) is 14.0. The van der Waals surface area contributed by atoms with E-state index in [9.17, 15) is 5.11 Å². The fourth-order valence-corrected chi connectivity index (χ4v) is 4.04. The highest BCUT2D eigenvalue weighted by atomic mass is 16.5. The molecular weight excluding hydrogens is 386 g/mol. The van der Waals surface area contributed by atoms with Crippen molar-refractivity contribution < 1.29 is 9.84 Å². The maximum absolute atomic E-state index is 10.6. The van der Waals surface area contributed by atoms with E-state index in [0.717, 1.165) is 50.3 Å². The molecule has 31 heavy (non-hydrogen) atoms. The van der Waals surface area contributed by atoms with Gasteiger partial charge in [-0.25, -0.2) is 0 Å². The number of β-amino-alcohol motifs (C(OH)–C–C–N with tert-alkyl or cyclic N) is 1. The summed E-state index contributed by atoms with van der Waals surface area (Å²) in [7, 11) is 0. The van der Waals surface area contributed by atoms with Crippen molar-refractivity contribution in [2.45, 2.75) is 32.0 Å². The summed E-state index contributed by atoms with van der Waals surface area (Å²) in [6.45, 7) is 4.42. The van der Waals surface area contributed by atoms with Crippen molar-refractivity contribution in [3.63, 3.8) is 0 Å². The van der Waals surface area contributed by atoms with Crippen LogP contribution in [0.15, 0.2) is 73.1 Å². The average Bonchev–Trinajstić information content (AvgIpc) is 2.82. The molecule has 5 heteroatoms. The summed E-state index contributed by atoms with van der Waals surface area (Å²) in [6.07, 6.45) is 5.14. The number of ether oxygens (including phenoxy) is 1. The molecule has 0 amide bonds. The van der Waals surface area contributed by atoms with Gasteiger partial charge in [0.05, 0.1) is 0 Å². The van der Waals surface area contributed by atoms with Crippen molar-refractivity contribution in [3.8, 4) is 5.75 Å². The van der Waals surface area contributed by atoms with Crippen LogP contribution < -0.4 is 10.1 Å². The number of fused-ring (bicyclic) bond motifs is 1. The van der Waals surface area contributed by atoms with Gasteiger partial charge in [-0.1, -0.05) is 42.5 Å². The zero-order valence-electron chi connectivity index (χ0n) is 17.9. The van der Waals surface area contributed by atoms with Crippen LogP contribution in [0.5, 0.6) is 5.75 Å². The first-order valence-corrected chi connectivity index (χ1v) is 11.1. The first-order valence-electron chi connectivity index (χ1n) is 11.1. The zero-order valence-corrected chi connectivity index (χ0v) is 17.9. The zero-order chi connectivity index (χ0) is 21.3. The largest absolute Gasteiger partial charge is 0.491 e. The van der Waals surface area contributed by atoms with E-state index in [1.54, 1.807) is 0 Å². The molecule has 2 heterocycles. The number of hydrogen-bond donors (Lipinski definition) is 2. The van der Waals surface area contributed by atoms with Crippen LogP contribution in [0.4, 0.5) is 0 Å². The molecule has 0 spiro atoms. The smallest absolute Gasteiger partial charge is 0.123 e. The Hall–Kier alpha value is -2.73. The Morgan fingerprint density at radius 3 is 2.65 bits per heavy atom. The highest BCUT2D eigenvalue weighted by molar-refractivity contribution is 5.33. The van der Waals surface area contributed by atoms with Crippen LogP contribution >= 0.6 is 0 Å². The highest BCUT2D eigenvalue weighted by Crippen LogP contribution is 2.20. The van der Waals surface area contributed by atoms with E-state index in [1.807, 2.05) is 42.7 Å². The van der Waals surface area contributed by atoms with Crippen molar-refractivity contribution in [3.05, 3.63) is 95.3 Å². The number of aliphatic hydroxyl groups is 1. The maximum atomic E-state index is 10.6. The standard InChI is InChI=1S/C26H31N3O2/c30-25(19-29-16-12-22-5-1-2-7-24(22)18-29)20-31-26-8-4-3-6-23(26)17-28-15-11-21-9-13-27-14-10-21/h1-10,13-14,25,28,30H,11-12,15-20H2/t25-/m1/s1. The van der Waals surface area contributed by atoms with E-state index in [4.69, 9.17) is 4.74 Å². The number of rotatable bonds is 10. The van der Waals surface area contributed by atoms with Crippen molar-refractivity contribution in [2.75, 3.05) is 26.2 Å². The van der Waals surface area contributed by atoms with Crippen LogP contribution in [0.1, 0.15) is 22.3 Å². The molecule has 3 aromatic rings. The lowest BCUT2D eigenvalue weighted by Gasteiger charge is -2.30. The normalized spacial score (nSPS) is 14.7. The van der Waals surface area contributed by atoms with Gasteiger partial charge in [0.2, 0.25) is 0 Å². The molecule has 1 aliphatic heterocycles. The monoisotopic (exact) mass is 417 g/mol. The molecule has 2 aromatic carbocycles. The van der Waals surface area contributed by atoms with E-state index < -0.39 is 6.10 Å². The number of nitrogens with one attached hydrogen (secondary N) is 1. The number of benzene rings is 2. The van der Waals surface area contributed by atoms with Crippen LogP contribution in [0, 0.1) is 0 Å². The minimum Gasteiger partial charge on any atom is -0.491 e. The Labute approximate surface area is 184 Å². The third-order valence-electron chi connectivity index (χ3n) is 5.74. The molecule has 0 aliphatic carbocycles. The predicted octanol–water partition coefficient (Wildman–Crippen LogP) is 3.21. The third kappa shape index (κ3) is 6.37. The van der Waals surface area contributed by atoms with Crippen molar-refractivity contribution in [1.82, 2.24) is 15.2 Å². The number of para-hydroxylation sites is 1. The molecule has 4 rings (SSSR count). The summed E-state index contributed by atoms with van der Waals surface area (Å²) in [4.78, 5) is 6.36. The maximum Gasteiger partial charge on any atom is 0.123 e. The second-order valence-corrected chi connectivity index (χ2v) is 8.11. The molecule has 0 unspecified atom stereocenters. The van der Waals surface area contributed by atoms with Gasteiger partial charge in [0.15, 0.2) is 0 Å². The molecule has 0 saturated carbocycles. The van der Waals surface area contributed by atoms with Gasteiger partial charge >= 0.3 is 0 Å². The van der Waals surface area contributed by atoms with Crippen LogP contribution in [0.3, 0.4) is 0 Å². The molecule has 0 radical (unpaired) electrons. The van der Waals surface area contributed by atoms with Crippen molar-refractivity contribution >= 4 is 0 Å². The summed E-state index contributed by atoms with van der Waals surface area (Å²) in [5.74, 6) is 0.835. The Morgan fingerprint density at radius 2 is 1.77 bits per heavy atom. The fourth-order valence-electron chi connectivity index (χ4n) is 4.04. The number of pyridine rings is 1. The number of nitrogens with zero attached hydrogens (tertiary/aromatic N) is 2. The summed E-state index contributed by atoms with van der Waals surface area (Å²) in [6, 6.07) is 20.7. The minimum absolute atomic E-state index is 0.298. The highest BCUT2D eigenvalue weighted by Gasteiger charge is 2.19. The fraction of sp³-hybridized carbons (Fsp3) is 0.346. The van der Waals surface area contributed by atoms with Gasteiger partial charge in [-0.3, -0.25) is 9.88 Å². The lowest BCUT2D eigenvalue weighted by atomic mass is 10.00. The van der Waals surface area contributed by atoms with Crippen LogP contribution in [-0.2, 0) is 25.9 Å². The van der Waals surface area contributed by atoms with Crippen molar-refractivity contribution in [2.24, 2.45) is 0 Å². The third-order valence-corrected chi connectivity index (χ3v) is 5.74. The molecule has 2 N–H and O–H groups in total. The van der Waals surface area contributed by atoms with E-state index >= 15 is 0 Å². The molecule has 1 aromatic heterocycles. The Balaban J connectivity index is 1.22. The lowest BCUT2D eigenvalue weighted by Crippen LogP contribution is -2.38. The lowest BCUT2D eigenvalue weighted by molar-refractivity contribution is 0.0634. The van der Waals surface area contributed by atoms with Crippen LogP contribution in [0.2, 0.25) is 0 Å². The number of aliphatic hydroxyl groups excluding tert-OH is 1. The first kappa shape index (κ1) is 21.5. The number of hydrogen-bond acceptors (Lipinski definition) is 5. The van der Waals surface area contributed by atoms with Gasteiger partial charge in [0.1, 0.15) is 18.5 Å². The SMILES string of the molecule is O[C@@H](COc1ccccc1CNCCc1ccncc1)CN1CCc2ccccc2C1. The van der Waals surface area contributed by atoms with E-state index in [0.29, 0.717) is 13.2 Å². The van der Waals surface area contributed by atoms with Gasteiger partial charge in [-0.15, -0.1) is 0 Å². The van der Waals surface area contributed by atoms with Crippen LogP contribution in [0.25, 0.3) is 0 Å². The minimum atomic E-state index is -0.516. The average molecular weight is 418 g/mol. The molecule has 162 valence electrons. The second kappa shape index (κ2) is 11.0. The topological polar surface area (TPSA) is 57.6 Å². The van der Waals surface area contributed by atoms with Crippen molar-refractivity contribution in [1.29, 1.82) is 0 Å². The predicted molar refractivity (Wildman–Crippen MR) is 123 cm³/mol. The summed E-state index contributed by atoms with van der Waals surface area (Å²) >= 11 is 0. The van der Waals surface area contributed by atoms with Gasteiger partial charge in [-0.2, -0.15) is 0 Å². The van der Waals surface area contributed by atoms with E-state index in [1.165, 1.54) is 16.7 Å². The quantitative estimate of drug-likeness (QED) is 0.496. The van der Waals surface area contributed by atoms with Gasteiger partial charge in [-0.05, 0) is 54.3 Å². The molecule has 1 aliphatic rings. The number of aromatic nitrogens is 1. The van der Waals surface area contributed by atoms with Crippen LogP contribution in [-0.4, -0.2) is 47.3 Å². The van der Waals surface area contributed by atoms with E-state index in [2.05, 4.69) is 45.5 Å². The Bertz CT molecular complexity index is 948. The van der Waals surface area contributed by atoms with Gasteiger partial charge < -0.3 is 15.2 Å². The summed E-state index contributed by atoms with van der Waals surface area (Å²) in [5.41, 5.74) is 5.17. The summed E-state index contributed by atoms with van der Waals surface area (Å²) < 4.78 is 6.00.